The summed E-state index contributed by atoms with van der Waals surface area (Å²) in [6.07, 6.45) is 5.26. The number of nitrogens with one attached hydrogen (secondary N) is 1. The van der Waals surface area contributed by atoms with Gasteiger partial charge in [-0.2, -0.15) is 0 Å². The maximum Gasteiger partial charge on any atom is 0.0313 e. The topological polar surface area (TPSA) is 38.0 Å². The third kappa shape index (κ3) is 11.1. The number of rotatable bonds is 6. The minimum atomic E-state index is 0.822. The monoisotopic (exact) mass is 222 g/mol. The van der Waals surface area contributed by atoms with Gasteiger partial charge < -0.3 is 11.1 Å². The lowest BCUT2D eigenvalue weighted by molar-refractivity contribution is 0.611. The van der Waals surface area contributed by atoms with E-state index in [-0.39, 0.29) is 0 Å². The first-order valence-corrected chi connectivity index (χ1v) is 6.32. The zero-order valence-corrected chi connectivity index (χ0v) is 10.7. The highest BCUT2D eigenvalue weighted by Crippen LogP contribution is 1.95. The number of nitrogen functional groups attached to an aromatic ring is 1. The molecule has 2 nitrogen and oxygen atoms in total. The van der Waals surface area contributed by atoms with Crippen LogP contribution in [0.4, 0.5) is 5.69 Å². The van der Waals surface area contributed by atoms with Gasteiger partial charge in [0.1, 0.15) is 0 Å². The van der Waals surface area contributed by atoms with Gasteiger partial charge in [-0.05, 0) is 38.1 Å². The molecular weight excluding hydrogens is 196 g/mol. The average Bonchev–Trinajstić information content (AvgIpc) is 2.31. The standard InChI is InChI=1S/C8H19N.C6H7N/c1-3-5-7-9-8-6-4-2;7-6-4-2-1-3-5-6/h9H,3-8H2,1-2H3;1-5H,7H2. The molecule has 0 heterocycles. The fraction of sp³-hybridized carbons (Fsp3) is 0.571. The van der Waals surface area contributed by atoms with Crippen molar-refractivity contribution in [2.75, 3.05) is 18.8 Å². The second-order valence-corrected chi connectivity index (χ2v) is 3.87. The van der Waals surface area contributed by atoms with Gasteiger partial charge in [-0.15, -0.1) is 0 Å². The highest BCUT2D eigenvalue weighted by atomic mass is 14.8. The van der Waals surface area contributed by atoms with Gasteiger partial charge in [0.25, 0.3) is 0 Å². The first-order valence-electron chi connectivity index (χ1n) is 6.32. The zero-order chi connectivity index (χ0) is 12.1. The molecule has 0 aromatic heterocycles. The quantitative estimate of drug-likeness (QED) is 0.571. The summed E-state index contributed by atoms with van der Waals surface area (Å²) in [4.78, 5) is 0. The highest BCUT2D eigenvalue weighted by molar-refractivity contribution is 5.35. The van der Waals surface area contributed by atoms with Gasteiger partial charge in [0.15, 0.2) is 0 Å². The van der Waals surface area contributed by atoms with E-state index in [1.165, 1.54) is 38.8 Å². The number of unbranched alkanes of at least 4 members (excludes halogenated alkanes) is 2. The molecule has 0 unspecified atom stereocenters. The number of para-hydroxylation sites is 1. The van der Waals surface area contributed by atoms with E-state index >= 15 is 0 Å². The molecule has 1 aromatic carbocycles. The third-order valence-electron chi connectivity index (χ3n) is 2.21. The minimum absolute atomic E-state index is 0.822. The van der Waals surface area contributed by atoms with Crippen LogP contribution in [0, 0.1) is 0 Å². The van der Waals surface area contributed by atoms with Crippen LogP contribution in [-0.4, -0.2) is 13.1 Å². The molecule has 1 aromatic rings. The molecular formula is C14H26N2. The first kappa shape index (κ1) is 15.0. The van der Waals surface area contributed by atoms with E-state index in [2.05, 4.69) is 19.2 Å². The molecule has 0 radical (unpaired) electrons. The van der Waals surface area contributed by atoms with Crippen LogP contribution in [-0.2, 0) is 0 Å². The number of anilines is 1. The lowest BCUT2D eigenvalue weighted by Gasteiger charge is -1.99. The second-order valence-electron chi connectivity index (χ2n) is 3.87. The van der Waals surface area contributed by atoms with Crippen LogP contribution in [0.3, 0.4) is 0 Å². The van der Waals surface area contributed by atoms with Crippen molar-refractivity contribution in [1.82, 2.24) is 5.32 Å². The second kappa shape index (κ2) is 12.1. The Morgan fingerprint density at radius 3 is 1.75 bits per heavy atom. The lowest BCUT2D eigenvalue weighted by Crippen LogP contribution is -2.15. The number of hydrogen-bond acceptors (Lipinski definition) is 2. The smallest absolute Gasteiger partial charge is 0.0313 e. The molecule has 0 fully saturated rings. The first-order chi connectivity index (χ1) is 7.81. The van der Waals surface area contributed by atoms with E-state index in [9.17, 15) is 0 Å². The summed E-state index contributed by atoms with van der Waals surface area (Å²) in [6.45, 7) is 6.86. The van der Waals surface area contributed by atoms with Crippen molar-refractivity contribution in [3.05, 3.63) is 30.3 Å². The summed E-state index contributed by atoms with van der Waals surface area (Å²) in [5, 5.41) is 3.39. The summed E-state index contributed by atoms with van der Waals surface area (Å²) in [5.74, 6) is 0. The molecule has 16 heavy (non-hydrogen) atoms. The Morgan fingerprint density at radius 2 is 1.44 bits per heavy atom. The Balaban J connectivity index is 0.000000288. The number of nitrogens with two attached hydrogens (primary N) is 1. The van der Waals surface area contributed by atoms with Crippen LogP contribution in [0.25, 0.3) is 0 Å². The van der Waals surface area contributed by atoms with Crippen molar-refractivity contribution in [2.45, 2.75) is 39.5 Å². The lowest BCUT2D eigenvalue weighted by atomic mass is 10.3. The van der Waals surface area contributed by atoms with Crippen LogP contribution >= 0.6 is 0 Å². The molecule has 0 aliphatic carbocycles. The third-order valence-corrected chi connectivity index (χ3v) is 2.21. The summed E-state index contributed by atoms with van der Waals surface area (Å²) < 4.78 is 0. The van der Waals surface area contributed by atoms with Gasteiger partial charge in [0, 0.05) is 5.69 Å². The molecule has 0 atom stereocenters. The molecule has 92 valence electrons. The Hall–Kier alpha value is -1.02. The molecule has 0 bridgehead atoms. The summed E-state index contributed by atoms with van der Waals surface area (Å²) in [6, 6.07) is 9.49. The Labute approximate surface area is 100 Å². The van der Waals surface area contributed by atoms with E-state index in [0.29, 0.717) is 0 Å². The fourth-order valence-corrected chi connectivity index (χ4v) is 1.18. The maximum atomic E-state index is 5.36. The van der Waals surface area contributed by atoms with Crippen LogP contribution < -0.4 is 11.1 Å². The van der Waals surface area contributed by atoms with Gasteiger partial charge in [-0.3, -0.25) is 0 Å². The molecule has 0 aliphatic heterocycles. The van der Waals surface area contributed by atoms with Gasteiger partial charge in [0.2, 0.25) is 0 Å². The Morgan fingerprint density at radius 1 is 0.938 bits per heavy atom. The molecule has 3 N–H and O–H groups in total. The summed E-state index contributed by atoms with van der Waals surface area (Å²) in [7, 11) is 0. The van der Waals surface area contributed by atoms with Gasteiger partial charge in [-0.1, -0.05) is 44.9 Å². The molecule has 0 amide bonds. The van der Waals surface area contributed by atoms with Gasteiger partial charge >= 0.3 is 0 Å². The largest absolute Gasteiger partial charge is 0.399 e. The average molecular weight is 222 g/mol. The van der Waals surface area contributed by atoms with Crippen LogP contribution in [0.2, 0.25) is 0 Å². The van der Waals surface area contributed by atoms with Crippen molar-refractivity contribution in [3.8, 4) is 0 Å². The van der Waals surface area contributed by atoms with Crippen molar-refractivity contribution in [3.63, 3.8) is 0 Å². The van der Waals surface area contributed by atoms with E-state index in [4.69, 9.17) is 5.73 Å². The van der Waals surface area contributed by atoms with E-state index in [1.54, 1.807) is 0 Å². The van der Waals surface area contributed by atoms with Gasteiger partial charge in [0.05, 0.1) is 0 Å². The normalized spacial score (nSPS) is 9.38. The Kier molecular flexibility index (Phi) is 11.3. The van der Waals surface area contributed by atoms with E-state index in [0.717, 1.165) is 5.69 Å². The van der Waals surface area contributed by atoms with Gasteiger partial charge in [-0.25, -0.2) is 0 Å². The van der Waals surface area contributed by atoms with Crippen molar-refractivity contribution in [2.24, 2.45) is 0 Å². The van der Waals surface area contributed by atoms with Crippen LogP contribution in [0.5, 0.6) is 0 Å². The molecule has 0 saturated heterocycles. The number of benzene rings is 1. The molecule has 2 heteroatoms. The number of hydrogen-bond donors (Lipinski definition) is 2. The fourth-order valence-electron chi connectivity index (χ4n) is 1.18. The molecule has 1 rings (SSSR count). The molecule has 0 aliphatic rings. The van der Waals surface area contributed by atoms with Crippen LogP contribution in [0.1, 0.15) is 39.5 Å². The zero-order valence-electron chi connectivity index (χ0n) is 10.7. The van der Waals surface area contributed by atoms with Crippen LogP contribution in [0.15, 0.2) is 30.3 Å². The summed E-state index contributed by atoms with van der Waals surface area (Å²) in [5.41, 5.74) is 6.18. The predicted molar refractivity (Wildman–Crippen MR) is 73.5 cm³/mol. The minimum Gasteiger partial charge on any atom is -0.399 e. The van der Waals surface area contributed by atoms with Crippen molar-refractivity contribution < 1.29 is 0 Å². The Bertz CT molecular complexity index is 215. The predicted octanol–water partition coefficient (Wildman–Crippen LogP) is 3.45. The van der Waals surface area contributed by atoms with Crippen molar-refractivity contribution >= 4 is 5.69 Å². The molecule has 0 saturated carbocycles. The van der Waals surface area contributed by atoms with Crippen molar-refractivity contribution in [1.29, 1.82) is 0 Å². The van der Waals surface area contributed by atoms with E-state index in [1.807, 2.05) is 30.3 Å². The summed E-state index contributed by atoms with van der Waals surface area (Å²) >= 11 is 0. The van der Waals surface area contributed by atoms with E-state index < -0.39 is 0 Å². The maximum absolute atomic E-state index is 5.36. The SMILES string of the molecule is CCCCNCCCC.Nc1ccccc1. The highest BCUT2D eigenvalue weighted by Gasteiger charge is 1.83. The molecule has 0 spiro atoms.